The Morgan fingerprint density at radius 3 is 2.53 bits per heavy atom. The smallest absolute Gasteiger partial charge is 0.233 e. The molecule has 3 aliphatic rings. The third kappa shape index (κ3) is 2.43. The van der Waals surface area contributed by atoms with E-state index in [2.05, 4.69) is 4.90 Å². The Balaban J connectivity index is 1.63. The number of fused-ring (bicyclic) bond motifs is 1. The molecule has 5 heteroatoms. The molecule has 0 unspecified atom stereocenters. The van der Waals surface area contributed by atoms with Crippen LogP contribution in [0.1, 0.15) is 25.7 Å². The van der Waals surface area contributed by atoms with Gasteiger partial charge in [-0.15, -0.1) is 0 Å². The van der Waals surface area contributed by atoms with Crippen LogP contribution in [0.15, 0.2) is 11.1 Å². The summed E-state index contributed by atoms with van der Waals surface area (Å²) in [5, 5.41) is 0.726. The molecule has 2 amide bonds. The first kappa shape index (κ1) is 13.1. The number of allylic oxidation sites excluding steroid dienone is 2. The van der Waals surface area contributed by atoms with Gasteiger partial charge in [-0.05, 0) is 38.8 Å². The Hall–Kier alpha value is -0.870. The van der Waals surface area contributed by atoms with E-state index in [0.29, 0.717) is 19.4 Å². The molecule has 1 aliphatic carbocycles. The van der Waals surface area contributed by atoms with Gasteiger partial charge in [0.2, 0.25) is 11.8 Å². The van der Waals surface area contributed by atoms with E-state index in [1.165, 1.54) is 17.7 Å². The van der Waals surface area contributed by atoms with Crippen molar-refractivity contribution in [2.24, 2.45) is 11.8 Å². The van der Waals surface area contributed by atoms with Gasteiger partial charge in [0.05, 0.1) is 11.8 Å². The summed E-state index contributed by atoms with van der Waals surface area (Å²) < 4.78 is 0. The topological polar surface area (TPSA) is 40.6 Å². The van der Waals surface area contributed by atoms with Crippen molar-refractivity contribution in [2.75, 3.05) is 26.2 Å². The first-order valence-corrected chi connectivity index (χ1v) is 7.46. The first-order chi connectivity index (χ1) is 9.16. The lowest BCUT2D eigenvalue weighted by atomic mass is 9.85. The molecule has 19 heavy (non-hydrogen) atoms. The lowest BCUT2D eigenvalue weighted by molar-refractivity contribution is -0.140. The third-order valence-electron chi connectivity index (χ3n) is 4.50. The zero-order valence-corrected chi connectivity index (χ0v) is 11.7. The van der Waals surface area contributed by atoms with E-state index in [0.717, 1.165) is 24.7 Å². The lowest BCUT2D eigenvalue weighted by Gasteiger charge is -2.20. The van der Waals surface area contributed by atoms with Gasteiger partial charge in [-0.25, -0.2) is 0 Å². The summed E-state index contributed by atoms with van der Waals surface area (Å²) in [4.78, 5) is 28.4. The van der Waals surface area contributed by atoms with Crippen molar-refractivity contribution < 1.29 is 9.59 Å². The number of hydrogen-bond acceptors (Lipinski definition) is 3. The number of carbonyl (C=O) groups excluding carboxylic acids is 2. The molecule has 0 aromatic rings. The van der Waals surface area contributed by atoms with E-state index in [1.54, 1.807) is 0 Å². The van der Waals surface area contributed by atoms with Crippen LogP contribution in [0.4, 0.5) is 0 Å². The minimum atomic E-state index is -0.205. The molecule has 4 nitrogen and oxygen atoms in total. The molecule has 0 aromatic carbocycles. The molecule has 0 saturated carbocycles. The summed E-state index contributed by atoms with van der Waals surface area (Å²) in [5.41, 5.74) is 0. The second kappa shape index (κ2) is 5.25. The second-order valence-electron chi connectivity index (χ2n) is 5.68. The average molecular weight is 283 g/mol. The van der Waals surface area contributed by atoms with E-state index in [-0.39, 0.29) is 23.7 Å². The van der Waals surface area contributed by atoms with E-state index in [1.807, 2.05) is 6.08 Å². The maximum atomic E-state index is 12.3. The van der Waals surface area contributed by atoms with Crippen LogP contribution in [-0.4, -0.2) is 47.8 Å². The summed E-state index contributed by atoms with van der Waals surface area (Å²) in [6.07, 6.45) is 5.50. The highest BCUT2D eigenvalue weighted by atomic mass is 35.5. The molecular weight excluding hydrogens is 264 g/mol. The molecule has 2 atom stereocenters. The van der Waals surface area contributed by atoms with Crippen molar-refractivity contribution >= 4 is 23.4 Å². The summed E-state index contributed by atoms with van der Waals surface area (Å²) in [5.74, 6) is -0.368. The van der Waals surface area contributed by atoms with Gasteiger partial charge in [0, 0.05) is 18.1 Å². The number of hydrogen-bond donors (Lipinski definition) is 0. The molecule has 104 valence electrons. The van der Waals surface area contributed by atoms with Crippen LogP contribution in [0.3, 0.4) is 0 Å². The second-order valence-corrected chi connectivity index (χ2v) is 6.17. The van der Waals surface area contributed by atoms with Crippen LogP contribution >= 0.6 is 11.6 Å². The number of amides is 2. The van der Waals surface area contributed by atoms with Gasteiger partial charge in [-0.3, -0.25) is 14.5 Å². The molecule has 2 saturated heterocycles. The number of imide groups is 1. The minimum Gasteiger partial charge on any atom is -0.302 e. The highest BCUT2D eigenvalue weighted by Gasteiger charge is 2.48. The minimum absolute atomic E-state index is 0.00890. The molecule has 2 aliphatic heterocycles. The highest BCUT2D eigenvalue weighted by Crippen LogP contribution is 2.38. The van der Waals surface area contributed by atoms with Crippen LogP contribution in [0.5, 0.6) is 0 Å². The molecule has 0 bridgehead atoms. The van der Waals surface area contributed by atoms with E-state index in [9.17, 15) is 9.59 Å². The van der Waals surface area contributed by atoms with Gasteiger partial charge in [0.25, 0.3) is 0 Å². The Morgan fingerprint density at radius 1 is 1.11 bits per heavy atom. The molecular formula is C14H19ClN2O2. The van der Waals surface area contributed by atoms with Gasteiger partial charge in [-0.2, -0.15) is 0 Å². The number of carbonyl (C=O) groups is 2. The largest absolute Gasteiger partial charge is 0.302 e. The average Bonchev–Trinajstić information content (AvgIpc) is 2.98. The Labute approximate surface area is 118 Å². The van der Waals surface area contributed by atoms with Crippen LogP contribution in [0.25, 0.3) is 0 Å². The lowest BCUT2D eigenvalue weighted by Crippen LogP contribution is -2.38. The molecule has 0 radical (unpaired) electrons. The molecule has 0 spiro atoms. The van der Waals surface area contributed by atoms with Crippen LogP contribution in [-0.2, 0) is 9.59 Å². The normalized spacial score (nSPS) is 31.8. The maximum absolute atomic E-state index is 12.3. The Bertz CT molecular complexity index is 429. The number of likely N-dealkylation sites (tertiary alicyclic amines) is 2. The van der Waals surface area contributed by atoms with Crippen LogP contribution in [0, 0.1) is 11.8 Å². The van der Waals surface area contributed by atoms with Gasteiger partial charge >= 0.3 is 0 Å². The van der Waals surface area contributed by atoms with Crippen molar-refractivity contribution in [3.8, 4) is 0 Å². The Kier molecular flexibility index (Phi) is 3.63. The van der Waals surface area contributed by atoms with Crippen molar-refractivity contribution in [1.82, 2.24) is 9.80 Å². The quantitative estimate of drug-likeness (QED) is 0.738. The molecule has 3 rings (SSSR count). The standard InChI is InChI=1S/C14H19ClN2O2/c15-10-3-4-11-12(9-10)14(19)17(13(11)18)8-7-16-5-1-2-6-16/h3,11-12H,1-2,4-9H2/t11-,12-/m0/s1. The SMILES string of the molecule is O=C1[C@H]2CC=C(Cl)C[C@@H]2C(=O)N1CCN1CCCC1. The van der Waals surface area contributed by atoms with Crippen molar-refractivity contribution in [3.63, 3.8) is 0 Å². The monoisotopic (exact) mass is 282 g/mol. The zero-order valence-electron chi connectivity index (χ0n) is 11.0. The van der Waals surface area contributed by atoms with Crippen molar-refractivity contribution in [3.05, 3.63) is 11.1 Å². The van der Waals surface area contributed by atoms with Gasteiger partial charge < -0.3 is 4.90 Å². The predicted octanol–water partition coefficient (Wildman–Crippen LogP) is 1.60. The van der Waals surface area contributed by atoms with Gasteiger partial charge in [0.1, 0.15) is 0 Å². The fourth-order valence-electron chi connectivity index (χ4n) is 3.36. The summed E-state index contributed by atoms with van der Waals surface area (Å²) in [7, 11) is 0. The van der Waals surface area contributed by atoms with E-state index < -0.39 is 0 Å². The van der Waals surface area contributed by atoms with E-state index >= 15 is 0 Å². The van der Waals surface area contributed by atoms with Crippen LogP contribution < -0.4 is 0 Å². The number of rotatable bonds is 3. The van der Waals surface area contributed by atoms with Gasteiger partial charge in [-0.1, -0.05) is 17.7 Å². The third-order valence-corrected chi connectivity index (χ3v) is 4.81. The van der Waals surface area contributed by atoms with Crippen molar-refractivity contribution in [1.29, 1.82) is 0 Å². The molecule has 0 aromatic heterocycles. The number of nitrogens with zero attached hydrogens (tertiary/aromatic N) is 2. The molecule has 2 fully saturated rings. The molecule has 0 N–H and O–H groups in total. The molecule has 2 heterocycles. The van der Waals surface area contributed by atoms with Crippen molar-refractivity contribution in [2.45, 2.75) is 25.7 Å². The summed E-state index contributed by atoms with van der Waals surface area (Å²) >= 11 is 6.00. The fraction of sp³-hybridized carbons (Fsp3) is 0.714. The maximum Gasteiger partial charge on any atom is 0.233 e. The van der Waals surface area contributed by atoms with Crippen LogP contribution in [0.2, 0.25) is 0 Å². The fourth-order valence-corrected chi connectivity index (χ4v) is 3.62. The number of halogens is 1. The summed E-state index contributed by atoms with van der Waals surface area (Å²) in [6.45, 7) is 3.55. The predicted molar refractivity (Wildman–Crippen MR) is 72.5 cm³/mol. The van der Waals surface area contributed by atoms with Gasteiger partial charge in [0.15, 0.2) is 0 Å². The highest BCUT2D eigenvalue weighted by molar-refractivity contribution is 6.30. The summed E-state index contributed by atoms with van der Waals surface area (Å²) in [6, 6.07) is 0. The first-order valence-electron chi connectivity index (χ1n) is 7.09. The Morgan fingerprint density at radius 2 is 1.79 bits per heavy atom. The van der Waals surface area contributed by atoms with E-state index in [4.69, 9.17) is 11.6 Å². The zero-order chi connectivity index (χ0) is 13.4.